The van der Waals surface area contributed by atoms with Crippen LogP contribution in [0.5, 0.6) is 0 Å². The summed E-state index contributed by atoms with van der Waals surface area (Å²) in [4.78, 5) is 0. The molecule has 60 heavy (non-hydrogen) atoms. The van der Waals surface area contributed by atoms with Crippen LogP contribution in [0.25, 0.3) is 97.3 Å². The maximum atomic E-state index is 3.49. The minimum absolute atomic E-state index is 1.07. The highest BCUT2D eigenvalue weighted by Crippen LogP contribution is 2.40. The molecule has 0 fully saturated rings. The lowest BCUT2D eigenvalue weighted by molar-refractivity contribution is 1.36. The monoisotopic (exact) mass is 762 g/mol. The average Bonchev–Trinajstić information content (AvgIpc) is 3.24. The molecule has 0 atom stereocenters. The zero-order valence-electron chi connectivity index (χ0n) is 35.4. The van der Waals surface area contributed by atoms with E-state index in [1.807, 2.05) is 27.7 Å². The van der Waals surface area contributed by atoms with Crippen molar-refractivity contribution < 1.29 is 0 Å². The van der Waals surface area contributed by atoms with Crippen molar-refractivity contribution >= 4 is 86.2 Å². The van der Waals surface area contributed by atoms with Gasteiger partial charge >= 0.3 is 0 Å². The maximum absolute atomic E-state index is 3.49. The third-order valence-corrected chi connectivity index (χ3v) is 12.6. The van der Waals surface area contributed by atoms with Crippen LogP contribution in [0.4, 0.5) is 0 Å². The number of aryl methyl sites for hydroxylation is 4. The van der Waals surface area contributed by atoms with Crippen LogP contribution in [0.3, 0.4) is 0 Å². The Hall–Kier alpha value is -7.48. The van der Waals surface area contributed by atoms with E-state index < -0.39 is 0 Å². The molecule has 10 aromatic rings. The zero-order valence-corrected chi connectivity index (χ0v) is 35.4. The summed E-state index contributed by atoms with van der Waals surface area (Å²) in [7, 11) is 0. The second kappa shape index (κ2) is 14.1. The summed E-state index contributed by atoms with van der Waals surface area (Å²) in [6.07, 6.45) is 0. The van der Waals surface area contributed by atoms with E-state index in [2.05, 4.69) is 184 Å². The van der Waals surface area contributed by atoms with Crippen LogP contribution in [-0.2, 0) is 0 Å². The van der Waals surface area contributed by atoms with Crippen molar-refractivity contribution in [2.24, 2.45) is 0 Å². The van der Waals surface area contributed by atoms with E-state index >= 15 is 0 Å². The Kier molecular flexibility index (Phi) is 8.66. The number of rotatable bonds is 1. The molecule has 0 saturated carbocycles. The van der Waals surface area contributed by atoms with E-state index in [0.29, 0.717) is 0 Å². The van der Waals surface area contributed by atoms with Gasteiger partial charge in [0.1, 0.15) is 0 Å². The van der Waals surface area contributed by atoms with Crippen molar-refractivity contribution in [1.29, 1.82) is 0 Å². The molecule has 0 aliphatic heterocycles. The molecule has 0 radical (unpaired) electrons. The molecule has 0 spiro atoms. The third-order valence-electron chi connectivity index (χ3n) is 12.6. The number of hydrogen-bond donors (Lipinski definition) is 0. The molecular formula is C60H42. The van der Waals surface area contributed by atoms with E-state index in [1.165, 1.54) is 98.0 Å². The van der Waals surface area contributed by atoms with Gasteiger partial charge in [0.25, 0.3) is 0 Å². The minimum atomic E-state index is 1.07. The van der Waals surface area contributed by atoms with Gasteiger partial charge in [-0.3, -0.25) is 0 Å². The van der Waals surface area contributed by atoms with Gasteiger partial charge in [0.05, 0.1) is 0 Å². The lowest BCUT2D eigenvalue weighted by Crippen LogP contribution is -1.93. The quantitative estimate of drug-likeness (QED) is 0.115. The van der Waals surface area contributed by atoms with E-state index in [0.717, 1.165) is 43.8 Å². The second-order valence-electron chi connectivity index (χ2n) is 16.3. The average molecular weight is 763 g/mol. The molecule has 0 N–H and O–H groups in total. The fourth-order valence-electron chi connectivity index (χ4n) is 9.36. The topological polar surface area (TPSA) is 0 Å². The number of hydrogen-bond acceptors (Lipinski definition) is 0. The van der Waals surface area contributed by atoms with Gasteiger partial charge in [0.2, 0.25) is 0 Å². The third kappa shape index (κ3) is 5.77. The first-order chi connectivity index (χ1) is 29.2. The summed E-state index contributed by atoms with van der Waals surface area (Å²) in [5.74, 6) is 26.8. The first-order valence-corrected chi connectivity index (χ1v) is 20.7. The molecule has 0 saturated heterocycles. The molecule has 10 aromatic carbocycles. The van der Waals surface area contributed by atoms with E-state index in [9.17, 15) is 0 Å². The van der Waals surface area contributed by atoms with Crippen LogP contribution in [0.15, 0.2) is 109 Å². The van der Waals surface area contributed by atoms with Crippen LogP contribution in [0, 0.1) is 75.1 Å². The summed E-state index contributed by atoms with van der Waals surface area (Å²) >= 11 is 0. The minimum Gasteiger partial charge on any atom is -0.101 e. The van der Waals surface area contributed by atoms with Crippen LogP contribution in [0.1, 0.15) is 72.2 Å². The first-order valence-electron chi connectivity index (χ1n) is 20.7. The summed E-state index contributed by atoms with van der Waals surface area (Å²) in [5, 5.41) is 18.9. The van der Waals surface area contributed by atoms with Crippen molar-refractivity contribution in [3.63, 3.8) is 0 Å². The van der Waals surface area contributed by atoms with E-state index in [1.54, 1.807) is 0 Å². The van der Waals surface area contributed by atoms with E-state index in [-0.39, 0.29) is 0 Å². The smallest absolute Gasteiger partial charge is 0.0403 e. The van der Waals surface area contributed by atoms with Crippen molar-refractivity contribution in [3.05, 3.63) is 154 Å². The van der Waals surface area contributed by atoms with Gasteiger partial charge in [-0.1, -0.05) is 47.9 Å². The highest BCUT2D eigenvalue weighted by atomic mass is 14.2. The van der Waals surface area contributed by atoms with Crippen LogP contribution >= 0.6 is 0 Å². The highest BCUT2D eigenvalue weighted by molar-refractivity contribution is 6.17. The predicted octanol–water partition coefficient (Wildman–Crippen LogP) is 15.3. The normalized spacial score (nSPS) is 11.1. The second-order valence-corrected chi connectivity index (χ2v) is 16.3. The Bertz CT molecular complexity index is 3600. The zero-order chi connectivity index (χ0) is 41.4. The van der Waals surface area contributed by atoms with Gasteiger partial charge in [0, 0.05) is 22.3 Å². The molecule has 0 aliphatic carbocycles. The van der Waals surface area contributed by atoms with Crippen molar-refractivity contribution in [3.8, 4) is 58.5 Å². The molecule has 0 amide bonds. The van der Waals surface area contributed by atoms with Gasteiger partial charge in [0.15, 0.2) is 0 Å². The Labute approximate surface area is 352 Å². The first kappa shape index (κ1) is 36.8. The summed E-state index contributed by atoms with van der Waals surface area (Å²) in [5.41, 5.74) is 11.7. The molecule has 282 valence electrons. The fourth-order valence-corrected chi connectivity index (χ4v) is 9.36. The standard InChI is InChI=1S/C60H42/c1-9-13-49-53-21-35(5)37(7)23-55(53)51(15-11-3)59-33-47-29-43-25-39(17-19-41(43)27-45(47)31-57(49)59)40-18-20-42-28-46-32-58-50(14-10-2)54-22-36(6)38(8)24-56(54)52(16-12-4)60(58)34-48(46)30-44(42)26-40/h17-34H,1-8H3. The molecule has 0 aromatic heterocycles. The molecule has 0 heterocycles. The Morgan fingerprint density at radius 1 is 0.250 bits per heavy atom. The van der Waals surface area contributed by atoms with Gasteiger partial charge in [-0.2, -0.15) is 0 Å². The highest BCUT2D eigenvalue weighted by Gasteiger charge is 2.17. The lowest BCUT2D eigenvalue weighted by atomic mass is 9.87. The Morgan fingerprint density at radius 3 is 0.750 bits per heavy atom. The summed E-state index contributed by atoms with van der Waals surface area (Å²) in [6.45, 7) is 16.4. The van der Waals surface area contributed by atoms with Crippen molar-refractivity contribution in [1.82, 2.24) is 0 Å². The summed E-state index contributed by atoms with van der Waals surface area (Å²) < 4.78 is 0. The lowest BCUT2D eigenvalue weighted by Gasteiger charge is -2.15. The molecule has 0 unspecified atom stereocenters. The molecule has 0 nitrogen and oxygen atoms in total. The molecular weight excluding hydrogens is 721 g/mol. The summed E-state index contributed by atoms with van der Waals surface area (Å²) in [6, 6.07) is 41.5. The maximum Gasteiger partial charge on any atom is 0.0403 e. The van der Waals surface area contributed by atoms with Crippen LogP contribution < -0.4 is 0 Å². The Morgan fingerprint density at radius 2 is 0.483 bits per heavy atom. The number of benzene rings is 10. The Balaban J connectivity index is 1.14. The van der Waals surface area contributed by atoms with E-state index in [4.69, 9.17) is 0 Å². The largest absolute Gasteiger partial charge is 0.101 e. The van der Waals surface area contributed by atoms with Gasteiger partial charge < -0.3 is 0 Å². The molecule has 0 bridgehead atoms. The van der Waals surface area contributed by atoms with Gasteiger partial charge in [-0.05, 0) is 260 Å². The predicted molar refractivity (Wildman–Crippen MR) is 261 cm³/mol. The SMILES string of the molecule is CC#Cc1c2cc(C)c(C)cc2c(C#CC)c2cc3cc4cc(-c5ccc6cc7cc8c(C#CC)c9cc(C)c(C)cc9c(C#CC)c8cc7cc6c5)ccc4cc3cc12. The molecule has 10 rings (SSSR count). The molecule has 0 heteroatoms. The van der Waals surface area contributed by atoms with Gasteiger partial charge in [-0.25, -0.2) is 0 Å². The number of fused-ring (bicyclic) bond motifs is 8. The van der Waals surface area contributed by atoms with Crippen LogP contribution in [0.2, 0.25) is 0 Å². The van der Waals surface area contributed by atoms with Crippen molar-refractivity contribution in [2.75, 3.05) is 0 Å². The van der Waals surface area contributed by atoms with Gasteiger partial charge in [-0.15, -0.1) is 23.7 Å². The van der Waals surface area contributed by atoms with Crippen LogP contribution in [-0.4, -0.2) is 0 Å². The van der Waals surface area contributed by atoms with Crippen molar-refractivity contribution in [2.45, 2.75) is 55.4 Å². The molecule has 0 aliphatic rings. The fraction of sp³-hybridized carbons (Fsp3) is 0.133.